The Kier molecular flexibility index (Phi) is 13.0. The number of hydrogen-bond donors (Lipinski definition) is 2. The van der Waals surface area contributed by atoms with Crippen molar-refractivity contribution in [2.24, 2.45) is 0 Å². The average molecular weight is 582 g/mol. The number of nitrogens with one attached hydrogen (secondary N) is 2. The quantitative estimate of drug-likeness (QED) is 0.315. The molecule has 0 aliphatic heterocycles. The van der Waals surface area contributed by atoms with Gasteiger partial charge in [0.05, 0.1) is 13.0 Å². The summed E-state index contributed by atoms with van der Waals surface area (Å²) in [4.78, 5) is 54.8. The van der Waals surface area contributed by atoms with Gasteiger partial charge in [-0.2, -0.15) is 0 Å². The molecule has 0 radical (unpaired) electrons. The van der Waals surface area contributed by atoms with E-state index in [4.69, 9.17) is 9.47 Å². The molecule has 0 saturated heterocycles. The Hall–Kier alpha value is -3.88. The van der Waals surface area contributed by atoms with E-state index in [-0.39, 0.29) is 32.0 Å². The molecule has 0 saturated carbocycles. The van der Waals surface area contributed by atoms with E-state index < -0.39 is 41.6 Å². The van der Waals surface area contributed by atoms with Gasteiger partial charge in [0.1, 0.15) is 17.7 Å². The highest BCUT2D eigenvalue weighted by Gasteiger charge is 2.38. The third kappa shape index (κ3) is 10.8. The van der Waals surface area contributed by atoms with Crippen LogP contribution >= 0.6 is 0 Å². The standard InChI is InChI=1S/C33H47N3O6/c1-9-24(5)36(31(39)27(21-25-14-12-11-13-15-25)35-32(40)42-33(6,7)8)29(26-19-22(3)18-23(4)20-26)30(38)34-17-16-28(37)41-10-2/h11-15,18-20,24,27,29H,9-10,16-17,21H2,1-8H3,(H,34,38)(H,35,40). The highest BCUT2D eigenvalue weighted by atomic mass is 16.6. The molecule has 0 bridgehead atoms. The molecular weight excluding hydrogens is 534 g/mol. The summed E-state index contributed by atoms with van der Waals surface area (Å²) in [7, 11) is 0. The van der Waals surface area contributed by atoms with Crippen LogP contribution < -0.4 is 10.6 Å². The predicted molar refractivity (Wildman–Crippen MR) is 163 cm³/mol. The third-order valence-electron chi connectivity index (χ3n) is 6.61. The molecule has 9 heteroatoms. The number of carbonyl (C=O) groups is 4. The van der Waals surface area contributed by atoms with Crippen molar-refractivity contribution in [2.45, 2.75) is 98.4 Å². The van der Waals surface area contributed by atoms with Crippen LogP contribution in [0.3, 0.4) is 0 Å². The maximum absolute atomic E-state index is 14.5. The van der Waals surface area contributed by atoms with E-state index in [1.54, 1.807) is 32.6 Å². The van der Waals surface area contributed by atoms with E-state index in [9.17, 15) is 19.2 Å². The lowest BCUT2D eigenvalue weighted by Gasteiger charge is -2.38. The maximum atomic E-state index is 14.5. The van der Waals surface area contributed by atoms with Gasteiger partial charge in [0.2, 0.25) is 11.8 Å². The van der Waals surface area contributed by atoms with Crippen molar-refractivity contribution >= 4 is 23.9 Å². The zero-order chi connectivity index (χ0) is 31.4. The van der Waals surface area contributed by atoms with Crippen LogP contribution in [0.15, 0.2) is 48.5 Å². The van der Waals surface area contributed by atoms with E-state index in [1.165, 1.54) is 0 Å². The second kappa shape index (κ2) is 15.9. The third-order valence-corrected chi connectivity index (χ3v) is 6.61. The Labute approximate surface area is 250 Å². The van der Waals surface area contributed by atoms with Crippen molar-refractivity contribution in [2.75, 3.05) is 13.2 Å². The van der Waals surface area contributed by atoms with Crippen molar-refractivity contribution < 1.29 is 28.7 Å². The van der Waals surface area contributed by atoms with Gasteiger partial charge in [0.15, 0.2) is 0 Å². The first-order valence-corrected chi connectivity index (χ1v) is 14.6. The Bertz CT molecular complexity index is 1190. The molecule has 0 fully saturated rings. The van der Waals surface area contributed by atoms with Crippen molar-refractivity contribution in [1.29, 1.82) is 0 Å². The van der Waals surface area contributed by atoms with Crippen molar-refractivity contribution in [3.05, 3.63) is 70.8 Å². The van der Waals surface area contributed by atoms with E-state index in [0.29, 0.717) is 12.0 Å². The van der Waals surface area contributed by atoms with Crippen LogP contribution in [0.2, 0.25) is 0 Å². The molecule has 0 aliphatic rings. The first-order chi connectivity index (χ1) is 19.7. The van der Waals surface area contributed by atoms with Crippen molar-refractivity contribution in [3.8, 4) is 0 Å². The molecular formula is C33H47N3O6. The van der Waals surface area contributed by atoms with Gasteiger partial charge in [0, 0.05) is 19.0 Å². The van der Waals surface area contributed by atoms with E-state index in [1.807, 2.05) is 76.2 Å². The Morgan fingerprint density at radius 2 is 1.57 bits per heavy atom. The number of aryl methyl sites for hydroxylation is 2. The van der Waals surface area contributed by atoms with E-state index in [2.05, 4.69) is 10.6 Å². The molecule has 0 heterocycles. The second-order valence-electron chi connectivity index (χ2n) is 11.6. The summed E-state index contributed by atoms with van der Waals surface area (Å²) in [6, 6.07) is 12.8. The van der Waals surface area contributed by atoms with Crippen LogP contribution in [0.5, 0.6) is 0 Å². The fourth-order valence-electron chi connectivity index (χ4n) is 4.70. The summed E-state index contributed by atoms with van der Waals surface area (Å²) in [6.45, 7) is 15.0. The Morgan fingerprint density at radius 1 is 0.952 bits per heavy atom. The van der Waals surface area contributed by atoms with Gasteiger partial charge in [-0.3, -0.25) is 14.4 Å². The SMILES string of the molecule is CCOC(=O)CCNC(=O)C(c1cc(C)cc(C)c1)N(C(=O)C(Cc1ccccc1)NC(=O)OC(C)(C)C)C(C)CC. The topological polar surface area (TPSA) is 114 Å². The number of benzene rings is 2. The molecule has 9 nitrogen and oxygen atoms in total. The number of alkyl carbamates (subject to hydrolysis) is 1. The number of amides is 3. The van der Waals surface area contributed by atoms with Crippen LogP contribution in [-0.2, 0) is 30.3 Å². The minimum atomic E-state index is -1.01. The molecule has 3 atom stereocenters. The zero-order valence-electron chi connectivity index (χ0n) is 26.3. The van der Waals surface area contributed by atoms with Gasteiger partial charge in [-0.25, -0.2) is 4.79 Å². The number of ether oxygens (including phenoxy) is 2. The Morgan fingerprint density at radius 3 is 2.12 bits per heavy atom. The predicted octanol–water partition coefficient (Wildman–Crippen LogP) is 5.18. The lowest BCUT2D eigenvalue weighted by Crippen LogP contribution is -2.56. The van der Waals surface area contributed by atoms with Crippen molar-refractivity contribution in [3.63, 3.8) is 0 Å². The van der Waals surface area contributed by atoms with Crippen LogP contribution in [-0.4, -0.2) is 59.6 Å². The maximum Gasteiger partial charge on any atom is 0.408 e. The molecule has 2 rings (SSSR count). The largest absolute Gasteiger partial charge is 0.466 e. The molecule has 2 aromatic carbocycles. The first-order valence-electron chi connectivity index (χ1n) is 14.6. The van der Waals surface area contributed by atoms with Crippen LogP contribution in [0, 0.1) is 13.8 Å². The second-order valence-corrected chi connectivity index (χ2v) is 11.6. The minimum Gasteiger partial charge on any atom is -0.466 e. The minimum absolute atomic E-state index is 0.00720. The normalized spacial score (nSPS) is 13.3. The summed E-state index contributed by atoms with van der Waals surface area (Å²) < 4.78 is 10.5. The van der Waals surface area contributed by atoms with Crippen LogP contribution in [0.1, 0.15) is 82.7 Å². The van der Waals surface area contributed by atoms with Gasteiger partial charge in [-0.05, 0) is 66.0 Å². The van der Waals surface area contributed by atoms with Crippen LogP contribution in [0.4, 0.5) is 4.79 Å². The van der Waals surface area contributed by atoms with Crippen molar-refractivity contribution in [1.82, 2.24) is 15.5 Å². The van der Waals surface area contributed by atoms with Gasteiger partial charge >= 0.3 is 12.1 Å². The van der Waals surface area contributed by atoms with Crippen LogP contribution in [0.25, 0.3) is 0 Å². The number of carbonyl (C=O) groups excluding carboxylic acids is 4. The summed E-state index contributed by atoms with van der Waals surface area (Å²) in [5, 5.41) is 5.61. The molecule has 2 aromatic rings. The molecule has 3 unspecified atom stereocenters. The molecule has 0 aromatic heterocycles. The van der Waals surface area contributed by atoms with Gasteiger partial charge in [0.25, 0.3) is 0 Å². The number of nitrogens with zero attached hydrogens (tertiary/aromatic N) is 1. The molecule has 42 heavy (non-hydrogen) atoms. The highest BCUT2D eigenvalue weighted by molar-refractivity contribution is 5.92. The molecule has 230 valence electrons. The van der Waals surface area contributed by atoms with Gasteiger partial charge < -0.3 is 25.0 Å². The molecule has 0 spiro atoms. The lowest BCUT2D eigenvalue weighted by molar-refractivity contribution is -0.146. The summed E-state index contributed by atoms with van der Waals surface area (Å²) in [6.07, 6.45) is 0.0549. The number of hydrogen-bond acceptors (Lipinski definition) is 6. The van der Waals surface area contributed by atoms with E-state index in [0.717, 1.165) is 16.7 Å². The molecule has 0 aliphatic carbocycles. The molecule has 2 N–H and O–H groups in total. The number of esters is 1. The fourth-order valence-corrected chi connectivity index (χ4v) is 4.70. The monoisotopic (exact) mass is 581 g/mol. The summed E-state index contributed by atoms with van der Waals surface area (Å²) >= 11 is 0. The number of rotatable bonds is 13. The van der Waals surface area contributed by atoms with Gasteiger partial charge in [-0.1, -0.05) is 66.6 Å². The summed E-state index contributed by atoms with van der Waals surface area (Å²) in [5.74, 6) is -1.25. The average Bonchev–Trinajstić information content (AvgIpc) is 2.89. The Balaban J connectivity index is 2.56. The molecule has 3 amide bonds. The smallest absolute Gasteiger partial charge is 0.408 e. The summed E-state index contributed by atoms with van der Waals surface area (Å²) in [5.41, 5.74) is 2.61. The first kappa shape index (κ1) is 34.3. The van der Waals surface area contributed by atoms with Gasteiger partial charge in [-0.15, -0.1) is 0 Å². The van der Waals surface area contributed by atoms with E-state index >= 15 is 0 Å². The highest BCUT2D eigenvalue weighted by Crippen LogP contribution is 2.28. The zero-order valence-corrected chi connectivity index (χ0v) is 26.3. The fraction of sp³-hybridized carbons (Fsp3) is 0.515. The lowest BCUT2D eigenvalue weighted by atomic mass is 9.95.